The third-order valence-corrected chi connectivity index (χ3v) is 18.6. The molecule has 2 saturated heterocycles. The molecule has 9 N–H and O–H groups in total. The van der Waals surface area contributed by atoms with Gasteiger partial charge < -0.3 is 62.4 Å². The summed E-state index contributed by atoms with van der Waals surface area (Å²) in [4.78, 5) is 129. The molecular formula is C69H91N11O10. The molecular weight excluding hydrogens is 1140 g/mol. The van der Waals surface area contributed by atoms with E-state index in [-0.39, 0.29) is 119 Å². The minimum Gasteiger partial charge on any atom is -0.449 e. The van der Waals surface area contributed by atoms with Crippen molar-refractivity contribution < 1.29 is 47.9 Å². The molecule has 9 rings (SSSR count). The first-order valence-electron chi connectivity index (χ1n) is 32.2. The normalized spacial score (nSPS) is 21.4. The van der Waals surface area contributed by atoms with Gasteiger partial charge >= 0.3 is 6.09 Å². The molecule has 10 atom stereocenters. The van der Waals surface area contributed by atoms with Crippen LogP contribution in [0.15, 0.2) is 97.1 Å². The molecule has 482 valence electrons. The fourth-order valence-electron chi connectivity index (χ4n) is 13.4. The summed E-state index contributed by atoms with van der Waals surface area (Å²) in [5.74, 6) is -3.33. The highest BCUT2D eigenvalue weighted by Crippen LogP contribution is 2.45. The van der Waals surface area contributed by atoms with Crippen molar-refractivity contribution in [2.24, 2.45) is 5.41 Å². The number of amides is 9. The van der Waals surface area contributed by atoms with Crippen molar-refractivity contribution in [3.05, 3.63) is 130 Å². The van der Waals surface area contributed by atoms with E-state index in [1.807, 2.05) is 93.6 Å². The van der Waals surface area contributed by atoms with E-state index in [1.165, 1.54) is 9.80 Å². The number of likely N-dealkylation sites (N-methyl/N-ethyl adjacent to an activating group) is 2. The number of rotatable bonds is 24. The van der Waals surface area contributed by atoms with Gasteiger partial charge in [0.2, 0.25) is 47.3 Å². The monoisotopic (exact) mass is 1230 g/mol. The molecule has 2 heterocycles. The highest BCUT2D eigenvalue weighted by molar-refractivity contribution is 5.95. The Morgan fingerprint density at radius 3 is 1.58 bits per heavy atom. The molecule has 0 aromatic heterocycles. The highest BCUT2D eigenvalue weighted by Gasteiger charge is 2.47. The van der Waals surface area contributed by atoms with E-state index in [0.29, 0.717) is 6.42 Å². The van der Waals surface area contributed by atoms with Crippen LogP contribution in [0.2, 0.25) is 0 Å². The number of hydrogen-bond acceptors (Lipinski definition) is 12. The third kappa shape index (κ3) is 16.0. The van der Waals surface area contributed by atoms with Gasteiger partial charge in [-0.05, 0) is 148 Å². The number of carbonyl (C=O) groups excluding carboxylic acids is 9. The molecule has 0 radical (unpaired) electrons. The quantitative estimate of drug-likeness (QED) is 0.0406. The lowest BCUT2D eigenvalue weighted by Crippen LogP contribution is -2.59. The number of fused-ring (bicyclic) bond motifs is 5. The molecule has 0 unspecified atom stereocenters. The molecule has 5 aliphatic rings. The van der Waals surface area contributed by atoms with Crippen LogP contribution in [0.25, 0.3) is 11.1 Å². The number of hydrogen-bond donors (Lipinski definition) is 9. The lowest BCUT2D eigenvalue weighted by Gasteiger charge is -2.36. The van der Waals surface area contributed by atoms with Crippen LogP contribution >= 0.6 is 0 Å². The zero-order chi connectivity index (χ0) is 64.2. The minimum atomic E-state index is -1.11. The summed E-state index contributed by atoms with van der Waals surface area (Å²) in [6.07, 6.45) is 5.10. The maximum absolute atomic E-state index is 15.0. The van der Waals surface area contributed by atoms with Crippen molar-refractivity contribution >= 4 is 53.4 Å². The van der Waals surface area contributed by atoms with Crippen molar-refractivity contribution in [3.63, 3.8) is 0 Å². The third-order valence-electron chi connectivity index (χ3n) is 18.6. The van der Waals surface area contributed by atoms with E-state index < -0.39 is 77.6 Å². The van der Waals surface area contributed by atoms with Gasteiger partial charge in [-0.2, -0.15) is 0 Å². The fraction of sp³-hybridized carbons (Fsp3) is 0.522. The zero-order valence-corrected chi connectivity index (χ0v) is 53.1. The van der Waals surface area contributed by atoms with Gasteiger partial charge in [0.15, 0.2) is 0 Å². The first-order valence-corrected chi connectivity index (χ1v) is 32.2. The summed E-state index contributed by atoms with van der Waals surface area (Å²) < 4.78 is 5.91. The first kappa shape index (κ1) is 66.3. The van der Waals surface area contributed by atoms with Gasteiger partial charge in [0.25, 0.3) is 0 Å². The van der Waals surface area contributed by atoms with Gasteiger partial charge in [0.1, 0.15) is 30.8 Å². The molecule has 90 heavy (non-hydrogen) atoms. The van der Waals surface area contributed by atoms with E-state index in [1.54, 1.807) is 27.9 Å². The molecule has 9 amide bonds. The van der Waals surface area contributed by atoms with Crippen LogP contribution in [0.5, 0.6) is 0 Å². The van der Waals surface area contributed by atoms with Crippen LogP contribution < -0.4 is 47.9 Å². The average Bonchev–Trinajstić information content (AvgIpc) is 1.64. The summed E-state index contributed by atoms with van der Waals surface area (Å²) in [5.41, 5.74) is 7.95. The summed E-state index contributed by atoms with van der Waals surface area (Å²) >= 11 is 0. The molecule has 4 aromatic carbocycles. The Bertz CT molecular complexity index is 3230. The largest absolute Gasteiger partial charge is 0.449 e. The summed E-state index contributed by atoms with van der Waals surface area (Å²) in [5, 5.41) is 26.9. The molecule has 4 aromatic rings. The highest BCUT2D eigenvalue weighted by atomic mass is 16.5. The topological polar surface area (TPSA) is 278 Å². The van der Waals surface area contributed by atoms with E-state index in [9.17, 15) is 43.2 Å². The first-order chi connectivity index (χ1) is 43.2. The number of nitrogens with one attached hydrogen (secondary N) is 9. The van der Waals surface area contributed by atoms with Crippen molar-refractivity contribution in [1.29, 1.82) is 0 Å². The summed E-state index contributed by atoms with van der Waals surface area (Å²) in [6, 6.07) is 25.0. The van der Waals surface area contributed by atoms with Gasteiger partial charge in [-0.15, -0.1) is 0 Å². The van der Waals surface area contributed by atoms with Crippen LogP contribution in [0.4, 0.5) is 4.79 Å². The van der Waals surface area contributed by atoms with Gasteiger partial charge in [0.05, 0.1) is 30.2 Å². The van der Waals surface area contributed by atoms with Crippen molar-refractivity contribution in [2.75, 3.05) is 40.3 Å². The Balaban J connectivity index is 0.805. The Morgan fingerprint density at radius 2 is 1.04 bits per heavy atom. The molecule has 0 saturated carbocycles. The van der Waals surface area contributed by atoms with Gasteiger partial charge in [0, 0.05) is 44.4 Å². The maximum atomic E-state index is 15.0. The van der Waals surface area contributed by atoms with Gasteiger partial charge in [-0.25, -0.2) is 4.79 Å². The number of aryl methyl sites for hydroxylation is 2. The smallest absolute Gasteiger partial charge is 0.407 e. The van der Waals surface area contributed by atoms with Crippen LogP contribution in [0, 0.1) is 5.41 Å². The number of ether oxygens (including phenoxy) is 1. The predicted molar refractivity (Wildman–Crippen MR) is 341 cm³/mol. The van der Waals surface area contributed by atoms with E-state index in [4.69, 9.17) is 4.74 Å². The predicted octanol–water partition coefficient (Wildman–Crippen LogP) is 5.27. The number of nitrogens with zero attached hydrogens (tertiary/aromatic N) is 2. The van der Waals surface area contributed by atoms with E-state index in [2.05, 4.69) is 72.1 Å². The molecule has 21 heteroatoms. The standard InChI is InChI=1S/C69H91N11O10/c1-41(70-6)62(83)77-56(66(87)79-39-46(37-57(79)64(85)75-54-30-16-22-43-20-8-10-24-47(43)54)74-68(89)90-40-53-51-28-14-12-26-49(51)50-27-13-15-29-52(50)53)32-19-35-72-59(81)33-18-34-60(82)73-45-36-58(65(86)76-55-31-17-23-44-21-9-11-25-48(44)55)80(38-45)67(88)61(69(3,4)5)78-63(84)42(2)71-7/h8-15,20-21,24-29,41-42,45-46,53-58,61,70-71H,16-19,22-23,30-40H2,1-7H3,(H,72,81)(H,73,82)(H,74,89)(H,75,85)(H,76,86)(H,77,83)(H,78,84)/t41-,42-,45-,46-,54+,55+,56-,57-,58-,61+/m0/s1. The second-order valence-electron chi connectivity index (χ2n) is 26.0. The molecule has 21 nitrogen and oxygen atoms in total. The van der Waals surface area contributed by atoms with E-state index >= 15 is 0 Å². The van der Waals surface area contributed by atoms with Crippen LogP contribution in [0.3, 0.4) is 0 Å². The average molecular weight is 1230 g/mol. The second kappa shape index (κ2) is 30.1. The number of alkyl carbamates (subject to hydrolysis) is 1. The van der Waals surface area contributed by atoms with Crippen molar-refractivity contribution in [2.45, 2.75) is 184 Å². The van der Waals surface area contributed by atoms with Crippen molar-refractivity contribution in [1.82, 2.24) is 57.7 Å². The van der Waals surface area contributed by atoms with Crippen LogP contribution in [-0.4, -0.2) is 152 Å². The molecule has 0 spiro atoms. The summed E-state index contributed by atoms with van der Waals surface area (Å²) in [6.45, 7) is 9.11. The number of benzene rings is 4. The Labute approximate surface area is 528 Å². The molecule has 0 bridgehead atoms. The number of likely N-dealkylation sites (tertiary alicyclic amines) is 2. The molecule has 3 aliphatic carbocycles. The Morgan fingerprint density at radius 1 is 0.567 bits per heavy atom. The second-order valence-corrected chi connectivity index (χ2v) is 26.0. The lowest BCUT2D eigenvalue weighted by molar-refractivity contribution is -0.144. The SMILES string of the molecule is CN[C@@H](C)C(=O)N[C@@H](CCCNC(=O)CCCC(=O)N[C@H]1C[C@@H](C(=O)N[C@@H]2CCCc3ccccc32)N(C(=O)[C@@H](NC(=O)[C@H](C)NC)C(C)(C)C)C1)C(=O)N1C[C@@H](NC(=O)OCC2c3ccccc3-c3ccccc32)C[C@H]1C(=O)N[C@@H]1CCCc2ccccc21. The Kier molecular flexibility index (Phi) is 22.2. The molecule has 2 fully saturated rings. The fourth-order valence-corrected chi connectivity index (χ4v) is 13.4. The van der Waals surface area contributed by atoms with Gasteiger partial charge in [-0.3, -0.25) is 38.4 Å². The minimum absolute atomic E-state index is 0.00146. The number of carbonyl (C=O) groups is 9. The van der Waals surface area contributed by atoms with Crippen LogP contribution in [0.1, 0.15) is 157 Å². The van der Waals surface area contributed by atoms with Crippen LogP contribution in [-0.2, 0) is 55.9 Å². The van der Waals surface area contributed by atoms with Gasteiger partial charge in [-0.1, -0.05) is 118 Å². The summed E-state index contributed by atoms with van der Waals surface area (Å²) in [7, 11) is 3.28. The Hall–Kier alpha value is -8.17. The zero-order valence-electron chi connectivity index (χ0n) is 53.1. The van der Waals surface area contributed by atoms with E-state index in [0.717, 1.165) is 76.6 Å². The van der Waals surface area contributed by atoms with Crippen molar-refractivity contribution in [3.8, 4) is 11.1 Å². The maximum Gasteiger partial charge on any atom is 0.407 e. The lowest BCUT2D eigenvalue weighted by atomic mass is 9.85. The molecule has 2 aliphatic heterocycles.